The molecule has 0 saturated heterocycles. The second-order valence-electron chi connectivity index (χ2n) is 5.13. The maximum Gasteiger partial charge on any atom is 0.236 e. The summed E-state index contributed by atoms with van der Waals surface area (Å²) in [4.78, 5) is 12.0. The molecule has 4 heteroatoms. The summed E-state index contributed by atoms with van der Waals surface area (Å²) in [6.07, 6.45) is 3.38. The highest BCUT2D eigenvalue weighted by molar-refractivity contribution is 9.10. The van der Waals surface area contributed by atoms with Crippen LogP contribution in [0.4, 0.5) is 0 Å². The van der Waals surface area contributed by atoms with E-state index in [1.54, 1.807) is 0 Å². The molecule has 1 aromatic rings. The fourth-order valence-electron chi connectivity index (χ4n) is 2.11. The van der Waals surface area contributed by atoms with Crippen LogP contribution in [-0.4, -0.2) is 18.5 Å². The average Bonchev–Trinajstić information content (AvgIpc) is 2.43. The number of benzene rings is 1. The zero-order valence-electron chi connectivity index (χ0n) is 12.6. The molecule has 0 heterocycles. The van der Waals surface area contributed by atoms with Crippen molar-refractivity contribution in [2.45, 2.75) is 52.1 Å². The van der Waals surface area contributed by atoms with Gasteiger partial charge in [0.1, 0.15) is 0 Å². The van der Waals surface area contributed by atoms with E-state index in [-0.39, 0.29) is 18.0 Å². The van der Waals surface area contributed by atoms with Crippen LogP contribution in [0.2, 0.25) is 0 Å². The molecule has 112 valence electrons. The first kappa shape index (κ1) is 17.2. The van der Waals surface area contributed by atoms with Crippen molar-refractivity contribution in [3.8, 4) is 0 Å². The van der Waals surface area contributed by atoms with Gasteiger partial charge in [-0.15, -0.1) is 0 Å². The van der Waals surface area contributed by atoms with Crippen molar-refractivity contribution in [2.24, 2.45) is 0 Å². The van der Waals surface area contributed by atoms with Crippen molar-refractivity contribution in [3.63, 3.8) is 0 Å². The van der Waals surface area contributed by atoms with E-state index >= 15 is 0 Å². The van der Waals surface area contributed by atoms with E-state index in [2.05, 4.69) is 46.5 Å². The number of halogens is 1. The average molecular weight is 341 g/mol. The normalized spacial score (nSPS) is 13.8. The second-order valence-corrected chi connectivity index (χ2v) is 5.98. The summed E-state index contributed by atoms with van der Waals surface area (Å²) >= 11 is 3.54. The summed E-state index contributed by atoms with van der Waals surface area (Å²) in [5.74, 6) is 0.0695. The molecule has 0 bridgehead atoms. The third-order valence-corrected chi connectivity index (χ3v) is 4.07. The Morgan fingerprint density at radius 3 is 2.60 bits per heavy atom. The van der Waals surface area contributed by atoms with Crippen molar-refractivity contribution in [3.05, 3.63) is 34.3 Å². The molecule has 0 aromatic heterocycles. The number of carbonyl (C=O) groups is 1. The molecule has 20 heavy (non-hydrogen) atoms. The zero-order valence-corrected chi connectivity index (χ0v) is 14.2. The van der Waals surface area contributed by atoms with Crippen LogP contribution < -0.4 is 10.6 Å². The highest BCUT2D eigenvalue weighted by Gasteiger charge is 2.16. The minimum atomic E-state index is -0.196. The Labute approximate surface area is 130 Å². The molecule has 1 rings (SSSR count). The summed E-state index contributed by atoms with van der Waals surface area (Å²) in [5, 5.41) is 6.31. The van der Waals surface area contributed by atoms with Crippen molar-refractivity contribution in [2.75, 3.05) is 6.54 Å². The number of amides is 1. The lowest BCUT2D eigenvalue weighted by molar-refractivity contribution is -0.122. The monoisotopic (exact) mass is 340 g/mol. The Bertz CT molecular complexity index is 423. The number of hydrogen-bond acceptors (Lipinski definition) is 2. The molecule has 0 fully saturated rings. The molecule has 1 unspecified atom stereocenters. The van der Waals surface area contributed by atoms with Gasteiger partial charge in [0, 0.05) is 17.1 Å². The van der Waals surface area contributed by atoms with Gasteiger partial charge in [-0.2, -0.15) is 0 Å². The third kappa shape index (κ3) is 5.63. The van der Waals surface area contributed by atoms with Crippen LogP contribution in [0.5, 0.6) is 0 Å². The van der Waals surface area contributed by atoms with E-state index in [9.17, 15) is 4.79 Å². The van der Waals surface area contributed by atoms with Gasteiger partial charge >= 0.3 is 0 Å². The first-order valence-electron chi connectivity index (χ1n) is 7.34. The summed E-state index contributed by atoms with van der Waals surface area (Å²) in [7, 11) is 0. The Morgan fingerprint density at radius 2 is 1.95 bits per heavy atom. The van der Waals surface area contributed by atoms with Crippen LogP contribution in [0.25, 0.3) is 0 Å². The van der Waals surface area contributed by atoms with Crippen LogP contribution in [0, 0.1) is 0 Å². The Balaban J connectivity index is 2.43. The zero-order chi connectivity index (χ0) is 15.0. The quantitative estimate of drug-likeness (QED) is 0.706. The minimum absolute atomic E-state index is 0.0695. The molecule has 1 aromatic carbocycles. The van der Waals surface area contributed by atoms with Gasteiger partial charge < -0.3 is 5.32 Å². The predicted octanol–water partition coefficient (Wildman–Crippen LogP) is 3.79. The fraction of sp³-hybridized carbons (Fsp3) is 0.562. The van der Waals surface area contributed by atoms with E-state index < -0.39 is 0 Å². The molecular weight excluding hydrogens is 316 g/mol. The van der Waals surface area contributed by atoms with Crippen molar-refractivity contribution < 1.29 is 4.79 Å². The standard InChI is InChI=1S/C16H25BrN2O/c1-4-5-8-11-18-16(20)13(3)19-12(2)14-9-6-7-10-15(14)17/h6-7,9-10,12-13,19H,4-5,8,11H2,1-3H3,(H,18,20)/t12-,13?/m1/s1. The smallest absolute Gasteiger partial charge is 0.236 e. The molecule has 2 atom stereocenters. The fourth-order valence-corrected chi connectivity index (χ4v) is 2.73. The lowest BCUT2D eigenvalue weighted by Gasteiger charge is -2.21. The van der Waals surface area contributed by atoms with Crippen LogP contribution >= 0.6 is 15.9 Å². The Morgan fingerprint density at radius 1 is 1.25 bits per heavy atom. The van der Waals surface area contributed by atoms with Gasteiger partial charge in [-0.1, -0.05) is 53.9 Å². The molecule has 3 nitrogen and oxygen atoms in total. The highest BCUT2D eigenvalue weighted by atomic mass is 79.9. The third-order valence-electron chi connectivity index (χ3n) is 3.34. The Hall–Kier alpha value is -0.870. The van der Waals surface area contributed by atoms with E-state index in [1.807, 2.05) is 25.1 Å². The van der Waals surface area contributed by atoms with E-state index in [4.69, 9.17) is 0 Å². The SMILES string of the molecule is CCCCCNC(=O)C(C)N[C@H](C)c1ccccc1Br. The molecule has 1 amide bonds. The number of carbonyl (C=O) groups excluding carboxylic acids is 1. The topological polar surface area (TPSA) is 41.1 Å². The summed E-state index contributed by atoms with van der Waals surface area (Å²) < 4.78 is 1.07. The van der Waals surface area contributed by atoms with Gasteiger partial charge in [-0.3, -0.25) is 10.1 Å². The second kappa shape index (κ2) is 9.14. The highest BCUT2D eigenvalue weighted by Crippen LogP contribution is 2.22. The molecule has 0 aliphatic carbocycles. The lowest BCUT2D eigenvalue weighted by atomic mass is 10.1. The Kier molecular flexibility index (Phi) is 7.85. The summed E-state index contributed by atoms with van der Waals surface area (Å²) in [5.41, 5.74) is 1.16. The van der Waals surface area contributed by atoms with Gasteiger partial charge in [-0.05, 0) is 31.9 Å². The molecule has 0 radical (unpaired) electrons. The van der Waals surface area contributed by atoms with Gasteiger partial charge in [-0.25, -0.2) is 0 Å². The number of hydrogen-bond donors (Lipinski definition) is 2. The van der Waals surface area contributed by atoms with Crippen LogP contribution in [-0.2, 0) is 4.79 Å². The largest absolute Gasteiger partial charge is 0.355 e. The van der Waals surface area contributed by atoms with Gasteiger partial charge in [0.2, 0.25) is 5.91 Å². The maximum absolute atomic E-state index is 12.0. The van der Waals surface area contributed by atoms with E-state index in [0.29, 0.717) is 0 Å². The first-order valence-corrected chi connectivity index (χ1v) is 8.13. The van der Waals surface area contributed by atoms with Gasteiger partial charge in [0.15, 0.2) is 0 Å². The van der Waals surface area contributed by atoms with Crippen LogP contribution in [0.15, 0.2) is 28.7 Å². The maximum atomic E-state index is 12.0. The number of rotatable bonds is 8. The predicted molar refractivity (Wildman–Crippen MR) is 87.7 cm³/mol. The minimum Gasteiger partial charge on any atom is -0.355 e. The van der Waals surface area contributed by atoms with Gasteiger partial charge in [0.05, 0.1) is 6.04 Å². The number of unbranched alkanes of at least 4 members (excludes halogenated alkanes) is 2. The number of nitrogens with one attached hydrogen (secondary N) is 2. The summed E-state index contributed by atoms with van der Waals surface area (Å²) in [6, 6.07) is 8.01. The first-order chi connectivity index (χ1) is 9.56. The van der Waals surface area contributed by atoms with E-state index in [1.165, 1.54) is 6.42 Å². The van der Waals surface area contributed by atoms with Crippen molar-refractivity contribution in [1.29, 1.82) is 0 Å². The molecule has 0 saturated carbocycles. The molecule has 2 N–H and O–H groups in total. The lowest BCUT2D eigenvalue weighted by Crippen LogP contribution is -2.43. The van der Waals surface area contributed by atoms with Crippen LogP contribution in [0.3, 0.4) is 0 Å². The van der Waals surface area contributed by atoms with Crippen LogP contribution in [0.1, 0.15) is 51.6 Å². The van der Waals surface area contributed by atoms with Gasteiger partial charge in [0.25, 0.3) is 0 Å². The molecular formula is C16H25BrN2O. The molecule has 0 aliphatic rings. The van der Waals surface area contributed by atoms with Crippen molar-refractivity contribution >= 4 is 21.8 Å². The van der Waals surface area contributed by atoms with Crippen molar-refractivity contribution in [1.82, 2.24) is 10.6 Å². The molecule has 0 aliphatic heterocycles. The summed E-state index contributed by atoms with van der Waals surface area (Å²) in [6.45, 7) is 6.90. The van der Waals surface area contributed by atoms with E-state index in [0.717, 1.165) is 29.4 Å². The molecule has 0 spiro atoms.